The summed E-state index contributed by atoms with van der Waals surface area (Å²) in [6.45, 7) is 2.76. The average molecular weight is 360 g/mol. The number of carbonyl (C=O) groups is 3. The summed E-state index contributed by atoms with van der Waals surface area (Å²) < 4.78 is 13.9. The van der Waals surface area contributed by atoms with Crippen molar-refractivity contribution in [1.82, 2.24) is 0 Å². The third-order valence-corrected chi connectivity index (χ3v) is 4.21. The number of benzene rings is 2. The van der Waals surface area contributed by atoms with Crippen LogP contribution >= 0.6 is 11.8 Å². The fourth-order valence-electron chi connectivity index (χ4n) is 2.06. The lowest BCUT2D eigenvalue weighted by Gasteiger charge is -2.08. The molecule has 2 aromatic rings. The van der Waals surface area contributed by atoms with Gasteiger partial charge in [-0.15, -0.1) is 11.8 Å². The van der Waals surface area contributed by atoms with Gasteiger partial charge in [0, 0.05) is 28.8 Å². The molecule has 2 aromatic carbocycles. The lowest BCUT2D eigenvalue weighted by atomic mass is 10.1. The summed E-state index contributed by atoms with van der Waals surface area (Å²) in [5, 5.41) is 5.31. The molecule has 2 rings (SSSR count). The molecular formula is C18H17FN2O3S. The SMILES string of the molecule is CC(=O)Nc1cccc(NC(=O)CSc2ccc(C(C)=O)cc2F)c1. The third-order valence-electron chi connectivity index (χ3n) is 3.16. The van der Waals surface area contributed by atoms with Crippen molar-refractivity contribution in [3.8, 4) is 0 Å². The predicted molar refractivity (Wildman–Crippen MR) is 96.5 cm³/mol. The second-order valence-electron chi connectivity index (χ2n) is 5.30. The molecule has 7 heteroatoms. The van der Waals surface area contributed by atoms with Gasteiger partial charge in [-0.3, -0.25) is 14.4 Å². The van der Waals surface area contributed by atoms with Gasteiger partial charge < -0.3 is 10.6 Å². The Balaban J connectivity index is 1.95. The Morgan fingerprint density at radius 1 is 1.00 bits per heavy atom. The summed E-state index contributed by atoms with van der Waals surface area (Å²) in [4.78, 5) is 34.6. The van der Waals surface area contributed by atoms with Crippen LogP contribution < -0.4 is 10.6 Å². The largest absolute Gasteiger partial charge is 0.326 e. The maximum Gasteiger partial charge on any atom is 0.234 e. The van der Waals surface area contributed by atoms with Crippen LogP contribution in [0.25, 0.3) is 0 Å². The number of anilines is 2. The highest BCUT2D eigenvalue weighted by Gasteiger charge is 2.10. The van der Waals surface area contributed by atoms with E-state index in [9.17, 15) is 18.8 Å². The molecule has 0 saturated heterocycles. The van der Waals surface area contributed by atoms with E-state index in [1.165, 1.54) is 32.0 Å². The van der Waals surface area contributed by atoms with E-state index < -0.39 is 5.82 Å². The molecule has 0 fully saturated rings. The van der Waals surface area contributed by atoms with Crippen LogP contribution in [0.3, 0.4) is 0 Å². The van der Waals surface area contributed by atoms with Gasteiger partial charge in [0.05, 0.1) is 5.75 Å². The summed E-state index contributed by atoms with van der Waals surface area (Å²) in [6, 6.07) is 10.9. The molecule has 0 unspecified atom stereocenters. The minimum atomic E-state index is -0.529. The number of amides is 2. The Morgan fingerprint density at radius 3 is 2.28 bits per heavy atom. The minimum absolute atomic E-state index is 0.0146. The van der Waals surface area contributed by atoms with Gasteiger partial charge >= 0.3 is 0 Å². The molecule has 0 heterocycles. The number of nitrogens with one attached hydrogen (secondary N) is 2. The molecule has 0 aliphatic rings. The first kappa shape index (κ1) is 18.7. The van der Waals surface area contributed by atoms with Gasteiger partial charge in [0.2, 0.25) is 11.8 Å². The van der Waals surface area contributed by atoms with Gasteiger partial charge in [-0.25, -0.2) is 4.39 Å². The fraction of sp³-hybridized carbons (Fsp3) is 0.167. The maximum atomic E-state index is 13.9. The van der Waals surface area contributed by atoms with Crippen LogP contribution in [0.5, 0.6) is 0 Å². The molecule has 0 saturated carbocycles. The van der Waals surface area contributed by atoms with Crippen molar-refractivity contribution < 1.29 is 18.8 Å². The smallest absolute Gasteiger partial charge is 0.234 e. The third kappa shape index (κ3) is 5.72. The molecule has 0 radical (unpaired) electrons. The molecular weight excluding hydrogens is 343 g/mol. The molecule has 5 nitrogen and oxygen atoms in total. The van der Waals surface area contributed by atoms with Crippen LogP contribution in [0.1, 0.15) is 24.2 Å². The van der Waals surface area contributed by atoms with Gasteiger partial charge in [-0.05, 0) is 37.3 Å². The van der Waals surface area contributed by atoms with E-state index in [1.807, 2.05) is 0 Å². The normalized spacial score (nSPS) is 10.2. The van der Waals surface area contributed by atoms with E-state index in [4.69, 9.17) is 0 Å². The van der Waals surface area contributed by atoms with E-state index in [1.54, 1.807) is 24.3 Å². The first-order valence-electron chi connectivity index (χ1n) is 7.46. The molecule has 0 spiro atoms. The highest BCUT2D eigenvalue weighted by atomic mass is 32.2. The zero-order valence-electron chi connectivity index (χ0n) is 13.8. The van der Waals surface area contributed by atoms with Crippen molar-refractivity contribution in [3.63, 3.8) is 0 Å². The number of halogens is 1. The van der Waals surface area contributed by atoms with Gasteiger partial charge in [0.25, 0.3) is 0 Å². The molecule has 25 heavy (non-hydrogen) atoms. The zero-order chi connectivity index (χ0) is 18.4. The molecule has 0 aliphatic heterocycles. The Bertz CT molecular complexity index is 824. The molecule has 0 aromatic heterocycles. The highest BCUT2D eigenvalue weighted by molar-refractivity contribution is 8.00. The number of hydrogen-bond acceptors (Lipinski definition) is 4. The Hall–Kier alpha value is -2.67. The van der Waals surface area contributed by atoms with Gasteiger partial charge in [0.1, 0.15) is 5.82 Å². The van der Waals surface area contributed by atoms with E-state index in [2.05, 4.69) is 10.6 Å². The Kier molecular flexibility index (Phi) is 6.30. The second-order valence-corrected chi connectivity index (χ2v) is 6.32. The van der Waals surface area contributed by atoms with E-state index in [0.717, 1.165) is 11.8 Å². The zero-order valence-corrected chi connectivity index (χ0v) is 14.6. The summed E-state index contributed by atoms with van der Waals surface area (Å²) in [7, 11) is 0. The van der Waals surface area contributed by atoms with E-state index in [0.29, 0.717) is 21.8 Å². The standard InChI is InChI=1S/C18H17FN2O3S/c1-11(22)13-6-7-17(16(19)8-13)25-10-18(24)21-15-5-3-4-14(9-15)20-12(2)23/h3-9H,10H2,1-2H3,(H,20,23)(H,21,24). The Labute approximate surface area is 149 Å². The van der Waals surface area contributed by atoms with Crippen molar-refractivity contribution in [2.45, 2.75) is 18.7 Å². The summed E-state index contributed by atoms with van der Waals surface area (Å²) in [6.07, 6.45) is 0. The predicted octanol–water partition coefficient (Wildman–Crippen LogP) is 3.72. The van der Waals surface area contributed by atoms with Crippen molar-refractivity contribution >= 4 is 40.7 Å². The topological polar surface area (TPSA) is 75.3 Å². The number of thioether (sulfide) groups is 1. The monoisotopic (exact) mass is 360 g/mol. The van der Waals surface area contributed by atoms with Crippen LogP contribution in [0, 0.1) is 5.82 Å². The lowest BCUT2D eigenvalue weighted by molar-refractivity contribution is -0.114. The fourth-order valence-corrected chi connectivity index (χ4v) is 2.78. The molecule has 130 valence electrons. The van der Waals surface area contributed by atoms with Crippen molar-refractivity contribution in [2.24, 2.45) is 0 Å². The maximum absolute atomic E-state index is 13.9. The van der Waals surface area contributed by atoms with Gasteiger partial charge in [-0.2, -0.15) is 0 Å². The van der Waals surface area contributed by atoms with Crippen LogP contribution in [0.4, 0.5) is 15.8 Å². The van der Waals surface area contributed by atoms with E-state index in [-0.39, 0.29) is 23.4 Å². The van der Waals surface area contributed by atoms with Gasteiger partial charge in [-0.1, -0.05) is 12.1 Å². The number of ketones is 1. The summed E-state index contributed by atoms with van der Waals surface area (Å²) in [5.41, 5.74) is 1.40. The van der Waals surface area contributed by atoms with Crippen LogP contribution in [0.2, 0.25) is 0 Å². The first-order valence-corrected chi connectivity index (χ1v) is 8.44. The molecule has 0 atom stereocenters. The average Bonchev–Trinajstić information content (AvgIpc) is 2.53. The molecule has 2 amide bonds. The van der Waals surface area contributed by atoms with Gasteiger partial charge in [0.15, 0.2) is 5.78 Å². The van der Waals surface area contributed by atoms with Crippen LogP contribution in [-0.2, 0) is 9.59 Å². The van der Waals surface area contributed by atoms with Crippen molar-refractivity contribution in [1.29, 1.82) is 0 Å². The quantitative estimate of drug-likeness (QED) is 0.608. The molecule has 0 bridgehead atoms. The van der Waals surface area contributed by atoms with Crippen LogP contribution in [0.15, 0.2) is 47.4 Å². The number of Topliss-reactive ketones (excluding diaryl/α,β-unsaturated/α-hetero) is 1. The first-order chi connectivity index (χ1) is 11.8. The highest BCUT2D eigenvalue weighted by Crippen LogP contribution is 2.23. The van der Waals surface area contributed by atoms with E-state index >= 15 is 0 Å². The van der Waals surface area contributed by atoms with Crippen molar-refractivity contribution in [2.75, 3.05) is 16.4 Å². The summed E-state index contributed by atoms with van der Waals surface area (Å²) >= 11 is 1.04. The number of carbonyl (C=O) groups excluding carboxylic acids is 3. The number of hydrogen-bond donors (Lipinski definition) is 2. The second kappa shape index (κ2) is 8.43. The Morgan fingerprint density at radius 2 is 1.68 bits per heavy atom. The van der Waals surface area contributed by atoms with Crippen LogP contribution in [-0.4, -0.2) is 23.4 Å². The minimum Gasteiger partial charge on any atom is -0.326 e. The lowest BCUT2D eigenvalue weighted by Crippen LogP contribution is -2.14. The number of rotatable bonds is 6. The molecule has 2 N–H and O–H groups in total. The molecule has 0 aliphatic carbocycles. The van der Waals surface area contributed by atoms with Crippen molar-refractivity contribution in [3.05, 3.63) is 53.8 Å². The summed E-state index contributed by atoms with van der Waals surface area (Å²) in [5.74, 6) is -1.24.